The largest absolute Gasteiger partial charge is 0.467 e. The zero-order valence-corrected chi connectivity index (χ0v) is 13.3. The number of hydrogen-bond acceptors (Lipinski definition) is 5. The quantitative estimate of drug-likeness (QED) is 0.765. The van der Waals surface area contributed by atoms with Crippen LogP contribution in [0, 0.1) is 0 Å². The molecule has 0 aromatic rings. The van der Waals surface area contributed by atoms with Crippen molar-refractivity contribution in [2.24, 2.45) is 0 Å². The fourth-order valence-electron chi connectivity index (χ4n) is 2.90. The molecule has 0 aromatic carbocycles. The van der Waals surface area contributed by atoms with Crippen molar-refractivity contribution < 1.29 is 19.1 Å². The predicted molar refractivity (Wildman–Crippen MR) is 75.3 cm³/mol. The summed E-state index contributed by atoms with van der Waals surface area (Å²) < 4.78 is 10.7. The second-order valence-electron chi connectivity index (χ2n) is 6.57. The van der Waals surface area contributed by atoms with E-state index in [1.165, 1.54) is 14.0 Å². The Labute approximate surface area is 120 Å². The van der Waals surface area contributed by atoms with Crippen molar-refractivity contribution in [3.63, 3.8) is 0 Å². The van der Waals surface area contributed by atoms with E-state index in [9.17, 15) is 9.59 Å². The van der Waals surface area contributed by atoms with Gasteiger partial charge in [-0.1, -0.05) is 0 Å². The van der Waals surface area contributed by atoms with Crippen LogP contribution in [0.4, 0.5) is 0 Å². The predicted octanol–water partition coefficient (Wildman–Crippen LogP) is 0.553. The summed E-state index contributed by atoms with van der Waals surface area (Å²) in [5, 5.41) is 2.64. The van der Waals surface area contributed by atoms with Gasteiger partial charge in [-0.2, -0.15) is 0 Å². The van der Waals surface area contributed by atoms with Crippen molar-refractivity contribution in [2.75, 3.05) is 26.7 Å². The standard InChI is InChI=1S/C14H26N2O4/c1-10(17)15-11(12(18)19-6)7-16-8-13(2,3)20-14(4,5)9-16/h11H,7-9H2,1-6H3,(H,15,17). The molecule has 1 atom stereocenters. The summed E-state index contributed by atoms with van der Waals surface area (Å²) in [5.41, 5.74) is -0.586. The lowest BCUT2D eigenvalue weighted by Gasteiger charge is -2.47. The molecule has 116 valence electrons. The Morgan fingerprint density at radius 3 is 2.15 bits per heavy atom. The van der Waals surface area contributed by atoms with Crippen LogP contribution in [0.25, 0.3) is 0 Å². The topological polar surface area (TPSA) is 67.9 Å². The highest BCUT2D eigenvalue weighted by atomic mass is 16.5. The van der Waals surface area contributed by atoms with Crippen LogP contribution in [-0.2, 0) is 19.1 Å². The number of nitrogens with one attached hydrogen (secondary N) is 1. The molecular weight excluding hydrogens is 260 g/mol. The lowest BCUT2D eigenvalue weighted by molar-refractivity contribution is -0.182. The molecule has 6 nitrogen and oxygen atoms in total. The number of ether oxygens (including phenoxy) is 2. The molecule has 1 aliphatic heterocycles. The lowest BCUT2D eigenvalue weighted by atomic mass is 9.98. The van der Waals surface area contributed by atoms with Crippen LogP contribution in [0.2, 0.25) is 0 Å². The monoisotopic (exact) mass is 286 g/mol. The van der Waals surface area contributed by atoms with Gasteiger partial charge in [-0.3, -0.25) is 9.69 Å². The maximum absolute atomic E-state index is 11.7. The Hall–Kier alpha value is -1.14. The maximum atomic E-state index is 11.7. The first-order valence-corrected chi connectivity index (χ1v) is 6.82. The molecule has 1 fully saturated rings. The number of nitrogens with zero attached hydrogens (tertiary/aromatic N) is 1. The minimum absolute atomic E-state index is 0.243. The second kappa shape index (κ2) is 6.10. The number of esters is 1. The van der Waals surface area contributed by atoms with E-state index < -0.39 is 12.0 Å². The molecule has 0 radical (unpaired) electrons. The molecule has 1 rings (SSSR count). The van der Waals surface area contributed by atoms with E-state index in [4.69, 9.17) is 9.47 Å². The first-order chi connectivity index (χ1) is 9.04. The number of rotatable bonds is 4. The Bertz CT molecular complexity index is 363. The fraction of sp³-hybridized carbons (Fsp3) is 0.857. The summed E-state index contributed by atoms with van der Waals surface area (Å²) in [6, 6.07) is -0.651. The van der Waals surface area contributed by atoms with Crippen LogP contribution in [0.3, 0.4) is 0 Å². The van der Waals surface area contributed by atoms with Gasteiger partial charge in [0.1, 0.15) is 6.04 Å². The van der Waals surface area contributed by atoms with Gasteiger partial charge in [0.25, 0.3) is 0 Å². The Kier molecular flexibility index (Phi) is 5.15. The molecule has 1 unspecified atom stereocenters. The highest BCUT2D eigenvalue weighted by Crippen LogP contribution is 2.28. The number of amides is 1. The zero-order valence-electron chi connectivity index (χ0n) is 13.3. The highest BCUT2D eigenvalue weighted by molar-refractivity contribution is 5.83. The third kappa shape index (κ3) is 5.09. The second-order valence-corrected chi connectivity index (χ2v) is 6.57. The molecule has 1 amide bonds. The van der Waals surface area contributed by atoms with E-state index in [0.717, 1.165) is 0 Å². The van der Waals surface area contributed by atoms with Crippen LogP contribution in [-0.4, -0.2) is 60.8 Å². The van der Waals surface area contributed by atoms with E-state index in [1.807, 2.05) is 27.7 Å². The smallest absolute Gasteiger partial charge is 0.329 e. The van der Waals surface area contributed by atoms with Gasteiger partial charge in [-0.05, 0) is 27.7 Å². The number of methoxy groups -OCH3 is 1. The SMILES string of the molecule is COC(=O)C(CN1CC(C)(C)OC(C)(C)C1)NC(C)=O. The van der Waals surface area contributed by atoms with Gasteiger partial charge in [-0.25, -0.2) is 4.79 Å². The number of hydrogen-bond donors (Lipinski definition) is 1. The van der Waals surface area contributed by atoms with Crippen LogP contribution in [0.15, 0.2) is 0 Å². The molecule has 1 N–H and O–H groups in total. The minimum atomic E-state index is -0.651. The maximum Gasteiger partial charge on any atom is 0.329 e. The van der Waals surface area contributed by atoms with Gasteiger partial charge in [0.05, 0.1) is 18.3 Å². The average molecular weight is 286 g/mol. The van der Waals surface area contributed by atoms with Gasteiger partial charge >= 0.3 is 5.97 Å². The zero-order chi connectivity index (χ0) is 15.6. The molecule has 20 heavy (non-hydrogen) atoms. The molecule has 0 aliphatic carbocycles. The molecule has 1 saturated heterocycles. The van der Waals surface area contributed by atoms with E-state index in [1.54, 1.807) is 0 Å². The summed E-state index contributed by atoms with van der Waals surface area (Å²) in [4.78, 5) is 25.1. The van der Waals surface area contributed by atoms with Crippen LogP contribution in [0.1, 0.15) is 34.6 Å². The summed E-state index contributed by atoms with van der Waals surface area (Å²) >= 11 is 0. The third-order valence-corrected chi connectivity index (χ3v) is 3.07. The number of carbonyl (C=O) groups is 2. The number of morpholine rings is 1. The van der Waals surface area contributed by atoms with Crippen molar-refractivity contribution in [2.45, 2.75) is 51.9 Å². The fourth-order valence-corrected chi connectivity index (χ4v) is 2.90. The molecule has 0 aromatic heterocycles. The van der Waals surface area contributed by atoms with Gasteiger partial charge in [-0.15, -0.1) is 0 Å². The summed E-state index contributed by atoms with van der Waals surface area (Å²) in [6.45, 7) is 11.3. The van der Waals surface area contributed by atoms with Crippen molar-refractivity contribution in [1.82, 2.24) is 10.2 Å². The number of carbonyl (C=O) groups excluding carboxylic acids is 2. The molecular formula is C14H26N2O4. The van der Waals surface area contributed by atoms with Gasteiger partial charge in [0.2, 0.25) is 5.91 Å². The highest BCUT2D eigenvalue weighted by Gasteiger charge is 2.39. The van der Waals surface area contributed by atoms with Crippen LogP contribution in [0.5, 0.6) is 0 Å². The van der Waals surface area contributed by atoms with E-state index in [0.29, 0.717) is 19.6 Å². The van der Waals surface area contributed by atoms with Gasteiger partial charge < -0.3 is 14.8 Å². The van der Waals surface area contributed by atoms with Crippen molar-refractivity contribution in [3.8, 4) is 0 Å². The Morgan fingerprint density at radius 2 is 1.75 bits per heavy atom. The van der Waals surface area contributed by atoms with E-state index in [-0.39, 0.29) is 17.1 Å². The molecule has 0 spiro atoms. The minimum Gasteiger partial charge on any atom is -0.467 e. The van der Waals surface area contributed by atoms with Gasteiger partial charge in [0.15, 0.2) is 0 Å². The van der Waals surface area contributed by atoms with Crippen LogP contribution < -0.4 is 5.32 Å². The summed E-state index contributed by atoms with van der Waals surface area (Å²) in [7, 11) is 1.32. The van der Waals surface area contributed by atoms with Crippen molar-refractivity contribution in [3.05, 3.63) is 0 Å². The van der Waals surface area contributed by atoms with Gasteiger partial charge in [0, 0.05) is 26.6 Å². The summed E-state index contributed by atoms with van der Waals surface area (Å²) in [6.07, 6.45) is 0. The Morgan fingerprint density at radius 1 is 1.25 bits per heavy atom. The molecule has 0 bridgehead atoms. The molecule has 1 aliphatic rings. The normalized spacial score (nSPS) is 22.9. The first kappa shape index (κ1) is 16.9. The Balaban J connectivity index is 2.76. The summed E-state index contributed by atoms with van der Waals surface area (Å²) in [5.74, 6) is -0.672. The molecule has 6 heteroatoms. The van der Waals surface area contributed by atoms with E-state index >= 15 is 0 Å². The average Bonchev–Trinajstić information content (AvgIpc) is 2.21. The first-order valence-electron chi connectivity index (χ1n) is 6.82. The molecule has 0 saturated carbocycles. The van der Waals surface area contributed by atoms with Crippen molar-refractivity contribution >= 4 is 11.9 Å². The van der Waals surface area contributed by atoms with Crippen molar-refractivity contribution in [1.29, 1.82) is 0 Å². The molecule has 1 heterocycles. The van der Waals surface area contributed by atoms with E-state index in [2.05, 4.69) is 10.2 Å². The third-order valence-electron chi connectivity index (χ3n) is 3.07. The van der Waals surface area contributed by atoms with Crippen LogP contribution >= 0.6 is 0 Å². The lowest BCUT2D eigenvalue weighted by Crippen LogP contribution is -2.60.